The van der Waals surface area contributed by atoms with Crippen molar-refractivity contribution in [2.45, 2.75) is 45.4 Å². The minimum Gasteiger partial charge on any atom is -0.357 e. The molecule has 0 aromatic heterocycles. The van der Waals surface area contributed by atoms with Crippen molar-refractivity contribution in [2.24, 2.45) is 16.8 Å². The molecule has 1 N–H and O–H groups in total. The molecule has 3 aliphatic rings. The van der Waals surface area contributed by atoms with Gasteiger partial charge in [0.1, 0.15) is 0 Å². The van der Waals surface area contributed by atoms with Crippen LogP contribution in [0.2, 0.25) is 0 Å². The minimum atomic E-state index is -3.05. The third-order valence-electron chi connectivity index (χ3n) is 6.43. The molecule has 3 aliphatic heterocycles. The van der Waals surface area contributed by atoms with Crippen molar-refractivity contribution in [1.29, 1.82) is 0 Å². The smallest absolute Gasteiger partial charge is 0.211 e. The number of sulfonamides is 1. The number of aliphatic imine (C=N–C) groups is 1. The fraction of sp³-hybridized carbons (Fsp3) is 0.950. The van der Waals surface area contributed by atoms with E-state index >= 15 is 0 Å². The lowest BCUT2D eigenvalue weighted by Gasteiger charge is -2.30. The topological polar surface area (TPSA) is 68.2 Å². The van der Waals surface area contributed by atoms with Gasteiger partial charge < -0.3 is 15.1 Å². The molecule has 8 heteroatoms. The maximum Gasteiger partial charge on any atom is 0.211 e. The molecule has 3 saturated heterocycles. The Labute approximate surface area is 171 Å². The summed E-state index contributed by atoms with van der Waals surface area (Å²) in [4.78, 5) is 10.0. The fourth-order valence-corrected chi connectivity index (χ4v) is 5.62. The van der Waals surface area contributed by atoms with Gasteiger partial charge in [-0.25, -0.2) is 12.7 Å². The summed E-state index contributed by atoms with van der Waals surface area (Å²) in [5.74, 6) is 2.28. The number of rotatable bonds is 6. The van der Waals surface area contributed by atoms with E-state index in [0.717, 1.165) is 50.9 Å². The molecule has 0 aromatic rings. The quantitative estimate of drug-likeness (QED) is 0.527. The summed E-state index contributed by atoms with van der Waals surface area (Å²) < 4.78 is 24.9. The first-order chi connectivity index (χ1) is 13.5. The molecule has 0 radical (unpaired) electrons. The zero-order valence-electron chi connectivity index (χ0n) is 17.8. The van der Waals surface area contributed by atoms with Gasteiger partial charge in [-0.15, -0.1) is 0 Å². The molecule has 1 atom stereocenters. The molecule has 162 valence electrons. The van der Waals surface area contributed by atoms with Crippen molar-refractivity contribution < 1.29 is 8.42 Å². The first-order valence-corrected chi connectivity index (χ1v) is 13.0. The predicted octanol–water partition coefficient (Wildman–Crippen LogP) is 1.43. The lowest BCUT2D eigenvalue weighted by molar-refractivity contribution is 0.198. The largest absolute Gasteiger partial charge is 0.357 e. The molecule has 3 heterocycles. The summed E-state index contributed by atoms with van der Waals surface area (Å²) >= 11 is 0. The number of hydrogen-bond donors (Lipinski definition) is 1. The third kappa shape index (κ3) is 6.32. The van der Waals surface area contributed by atoms with Crippen molar-refractivity contribution in [2.75, 3.05) is 65.2 Å². The van der Waals surface area contributed by atoms with E-state index in [1.165, 1.54) is 51.6 Å². The summed E-state index contributed by atoms with van der Waals surface area (Å²) in [6.45, 7) is 11.1. The average Bonchev–Trinajstić information content (AvgIpc) is 3.14. The molecule has 28 heavy (non-hydrogen) atoms. The van der Waals surface area contributed by atoms with Crippen molar-refractivity contribution in [3.8, 4) is 0 Å². The normalized spacial score (nSPS) is 26.7. The number of nitrogens with one attached hydrogen (secondary N) is 1. The van der Waals surface area contributed by atoms with Crippen LogP contribution in [0, 0.1) is 11.8 Å². The van der Waals surface area contributed by atoms with Gasteiger partial charge in [0.25, 0.3) is 0 Å². The molecular weight excluding hydrogens is 374 g/mol. The van der Waals surface area contributed by atoms with E-state index in [1.807, 2.05) is 0 Å². The van der Waals surface area contributed by atoms with Gasteiger partial charge in [-0.2, -0.15) is 0 Å². The molecule has 3 rings (SSSR count). The number of nitrogens with zero attached hydrogens (tertiary/aromatic N) is 4. The number of guanidine groups is 1. The second-order valence-electron chi connectivity index (χ2n) is 8.76. The van der Waals surface area contributed by atoms with Gasteiger partial charge in [-0.3, -0.25) is 4.99 Å². The van der Waals surface area contributed by atoms with Crippen LogP contribution < -0.4 is 5.32 Å². The van der Waals surface area contributed by atoms with Crippen LogP contribution in [0.25, 0.3) is 0 Å². The van der Waals surface area contributed by atoms with E-state index in [2.05, 4.69) is 22.0 Å². The Morgan fingerprint density at radius 3 is 2.32 bits per heavy atom. The van der Waals surface area contributed by atoms with Crippen molar-refractivity contribution in [3.05, 3.63) is 0 Å². The second-order valence-corrected chi connectivity index (χ2v) is 10.7. The van der Waals surface area contributed by atoms with Crippen molar-refractivity contribution >= 4 is 16.0 Å². The van der Waals surface area contributed by atoms with Gasteiger partial charge in [0.05, 0.1) is 6.26 Å². The summed E-state index contributed by atoms with van der Waals surface area (Å²) in [6, 6.07) is 0. The molecule has 0 amide bonds. The lowest BCUT2D eigenvalue weighted by atomic mass is 9.98. The highest BCUT2D eigenvalue weighted by molar-refractivity contribution is 7.88. The Kier molecular flexibility index (Phi) is 8.00. The first kappa shape index (κ1) is 21.8. The Morgan fingerprint density at radius 2 is 1.68 bits per heavy atom. The minimum absolute atomic E-state index is 0.485. The van der Waals surface area contributed by atoms with E-state index in [0.29, 0.717) is 19.0 Å². The maximum absolute atomic E-state index is 11.7. The van der Waals surface area contributed by atoms with Gasteiger partial charge in [-0.05, 0) is 64.0 Å². The van der Waals surface area contributed by atoms with Crippen LogP contribution in [0.5, 0.6) is 0 Å². The summed E-state index contributed by atoms with van der Waals surface area (Å²) in [6.07, 6.45) is 8.50. The van der Waals surface area contributed by atoms with E-state index in [9.17, 15) is 8.42 Å². The molecule has 1 unspecified atom stereocenters. The number of piperidine rings is 2. The molecule has 7 nitrogen and oxygen atoms in total. The van der Waals surface area contributed by atoms with Gasteiger partial charge in [0, 0.05) is 45.8 Å². The highest BCUT2D eigenvalue weighted by Gasteiger charge is 2.28. The van der Waals surface area contributed by atoms with Crippen LogP contribution in [0.4, 0.5) is 0 Å². The molecule has 0 spiro atoms. The SMILES string of the molecule is CCNC(=NCC1CCN(S(C)(=O)=O)CC1)N1CCC(CN2CCCCC2)C1. The van der Waals surface area contributed by atoms with Gasteiger partial charge in [-0.1, -0.05) is 6.42 Å². The molecule has 0 aromatic carbocycles. The average molecular weight is 414 g/mol. The Morgan fingerprint density at radius 1 is 1.00 bits per heavy atom. The number of hydrogen-bond acceptors (Lipinski definition) is 4. The molecule has 0 bridgehead atoms. The summed E-state index contributed by atoms with van der Waals surface area (Å²) in [7, 11) is -3.05. The summed E-state index contributed by atoms with van der Waals surface area (Å²) in [5.41, 5.74) is 0. The van der Waals surface area contributed by atoms with Crippen LogP contribution in [-0.4, -0.2) is 93.6 Å². The van der Waals surface area contributed by atoms with Crippen LogP contribution in [-0.2, 0) is 10.0 Å². The molecule has 0 aliphatic carbocycles. The highest BCUT2D eigenvalue weighted by atomic mass is 32.2. The summed E-state index contributed by atoms with van der Waals surface area (Å²) in [5, 5.41) is 3.48. The van der Waals surface area contributed by atoms with E-state index in [4.69, 9.17) is 4.99 Å². The Hall–Kier alpha value is -0.860. The highest BCUT2D eigenvalue weighted by Crippen LogP contribution is 2.22. The van der Waals surface area contributed by atoms with Gasteiger partial charge in [0.15, 0.2) is 5.96 Å². The van der Waals surface area contributed by atoms with Crippen LogP contribution in [0.3, 0.4) is 0 Å². The first-order valence-electron chi connectivity index (χ1n) is 11.2. The standard InChI is InChI=1S/C20H39N5O2S/c1-3-21-20(22-15-18-8-13-25(14-9-18)28(2,26)27)24-12-7-19(17-24)16-23-10-5-4-6-11-23/h18-19H,3-17H2,1-2H3,(H,21,22). The van der Waals surface area contributed by atoms with Gasteiger partial charge in [0.2, 0.25) is 10.0 Å². The second kappa shape index (κ2) is 10.3. The van der Waals surface area contributed by atoms with Crippen LogP contribution in [0.1, 0.15) is 45.4 Å². The third-order valence-corrected chi connectivity index (χ3v) is 7.73. The van der Waals surface area contributed by atoms with E-state index in [1.54, 1.807) is 4.31 Å². The zero-order valence-corrected chi connectivity index (χ0v) is 18.6. The zero-order chi connectivity index (χ0) is 20.0. The van der Waals surface area contributed by atoms with E-state index in [-0.39, 0.29) is 0 Å². The fourth-order valence-electron chi connectivity index (χ4n) is 4.75. The Balaban J connectivity index is 1.47. The van der Waals surface area contributed by atoms with E-state index < -0.39 is 10.0 Å². The van der Waals surface area contributed by atoms with Crippen LogP contribution >= 0.6 is 0 Å². The van der Waals surface area contributed by atoms with Crippen molar-refractivity contribution in [3.63, 3.8) is 0 Å². The molecule has 3 fully saturated rings. The molecule has 0 saturated carbocycles. The maximum atomic E-state index is 11.7. The monoisotopic (exact) mass is 413 g/mol. The number of likely N-dealkylation sites (tertiary alicyclic amines) is 2. The molecular formula is C20H39N5O2S. The van der Waals surface area contributed by atoms with Crippen LogP contribution in [0.15, 0.2) is 4.99 Å². The predicted molar refractivity (Wildman–Crippen MR) is 115 cm³/mol. The van der Waals surface area contributed by atoms with Crippen molar-refractivity contribution in [1.82, 2.24) is 19.4 Å². The lowest BCUT2D eigenvalue weighted by Crippen LogP contribution is -2.42. The Bertz CT molecular complexity index is 610. The van der Waals surface area contributed by atoms with Gasteiger partial charge >= 0.3 is 0 Å².